The van der Waals surface area contributed by atoms with E-state index in [2.05, 4.69) is 10.3 Å². The summed E-state index contributed by atoms with van der Waals surface area (Å²) in [6.45, 7) is 0. The predicted molar refractivity (Wildman–Crippen MR) is 92.7 cm³/mol. The number of hydrogen-bond acceptors (Lipinski definition) is 4. The van der Waals surface area contributed by atoms with E-state index in [1.54, 1.807) is 12.1 Å². The molecule has 2 aromatic rings. The van der Waals surface area contributed by atoms with Crippen LogP contribution in [-0.4, -0.2) is 27.1 Å². The van der Waals surface area contributed by atoms with Gasteiger partial charge in [-0.15, -0.1) is 0 Å². The maximum atomic E-state index is 12.2. The van der Waals surface area contributed by atoms with E-state index in [0.29, 0.717) is 9.26 Å². The number of aromatic carboxylic acids is 1. The van der Waals surface area contributed by atoms with Crippen molar-refractivity contribution in [3.8, 4) is 5.75 Å². The number of rotatable bonds is 3. The number of carbonyl (C=O) groups excluding carboxylic acids is 1. The molecule has 0 fully saturated rings. The zero-order valence-corrected chi connectivity index (χ0v) is 14.6. The Morgan fingerprint density at radius 1 is 1.19 bits per heavy atom. The molecule has 6 nitrogen and oxygen atoms in total. The van der Waals surface area contributed by atoms with Crippen LogP contribution >= 0.6 is 45.2 Å². The van der Waals surface area contributed by atoms with Gasteiger partial charge in [0.1, 0.15) is 11.4 Å². The van der Waals surface area contributed by atoms with Gasteiger partial charge in [-0.25, -0.2) is 9.78 Å². The van der Waals surface area contributed by atoms with Crippen LogP contribution in [0.2, 0.25) is 0 Å². The topological polar surface area (TPSA) is 99.5 Å². The number of amides is 1. The summed E-state index contributed by atoms with van der Waals surface area (Å²) in [4.78, 5) is 26.7. The molecule has 0 radical (unpaired) electrons. The Bertz CT molecular complexity index is 734. The largest absolute Gasteiger partial charge is 0.506 e. The van der Waals surface area contributed by atoms with Crippen molar-refractivity contribution in [2.24, 2.45) is 0 Å². The summed E-state index contributed by atoms with van der Waals surface area (Å²) < 4.78 is 1.37. The predicted octanol–water partition coefficient (Wildman–Crippen LogP) is 2.95. The van der Waals surface area contributed by atoms with Crippen LogP contribution in [0.3, 0.4) is 0 Å². The number of halogens is 2. The van der Waals surface area contributed by atoms with Gasteiger partial charge in [-0.2, -0.15) is 0 Å². The third kappa shape index (κ3) is 3.81. The summed E-state index contributed by atoms with van der Waals surface area (Å²) in [7, 11) is 0. The number of hydrogen-bond donors (Lipinski definition) is 3. The molecule has 0 aliphatic carbocycles. The van der Waals surface area contributed by atoms with Crippen molar-refractivity contribution in [2.75, 3.05) is 5.32 Å². The zero-order valence-electron chi connectivity index (χ0n) is 10.3. The fraction of sp³-hybridized carbons (Fsp3) is 0. The van der Waals surface area contributed by atoms with Crippen LogP contribution in [0.15, 0.2) is 30.5 Å². The van der Waals surface area contributed by atoms with E-state index in [4.69, 9.17) is 5.11 Å². The van der Waals surface area contributed by atoms with Crippen molar-refractivity contribution in [1.82, 2.24) is 4.98 Å². The van der Waals surface area contributed by atoms with Gasteiger partial charge in [0.2, 0.25) is 0 Å². The normalized spacial score (nSPS) is 10.2. The number of anilines is 1. The second-order valence-electron chi connectivity index (χ2n) is 3.97. The van der Waals surface area contributed by atoms with Crippen LogP contribution < -0.4 is 5.32 Å². The lowest BCUT2D eigenvalue weighted by molar-refractivity contribution is 0.0690. The molecule has 1 aromatic heterocycles. The molecule has 1 heterocycles. The Balaban J connectivity index is 2.30. The van der Waals surface area contributed by atoms with E-state index in [1.807, 2.05) is 45.2 Å². The summed E-state index contributed by atoms with van der Waals surface area (Å²) in [6.07, 6.45) is 1.29. The summed E-state index contributed by atoms with van der Waals surface area (Å²) in [6, 6.07) is 6.01. The molecule has 0 unspecified atom stereocenters. The number of nitrogens with one attached hydrogen (secondary N) is 1. The van der Waals surface area contributed by atoms with Crippen molar-refractivity contribution < 1.29 is 19.8 Å². The van der Waals surface area contributed by atoms with E-state index >= 15 is 0 Å². The van der Waals surface area contributed by atoms with Gasteiger partial charge in [0.25, 0.3) is 5.91 Å². The minimum absolute atomic E-state index is 0.110. The Kier molecular flexibility index (Phi) is 4.98. The van der Waals surface area contributed by atoms with Crippen LogP contribution in [0.4, 0.5) is 5.69 Å². The number of aromatic nitrogens is 1. The molecular formula is C13H8I2N2O4. The molecule has 0 aliphatic rings. The number of phenols is 1. The lowest BCUT2D eigenvalue weighted by Gasteiger charge is -2.09. The van der Waals surface area contributed by atoms with Gasteiger partial charge in [-0.05, 0) is 69.4 Å². The number of benzene rings is 1. The van der Waals surface area contributed by atoms with Crippen molar-refractivity contribution >= 4 is 62.7 Å². The van der Waals surface area contributed by atoms with Crippen LogP contribution in [0.1, 0.15) is 20.8 Å². The molecule has 21 heavy (non-hydrogen) atoms. The van der Waals surface area contributed by atoms with E-state index in [0.717, 1.165) is 3.57 Å². The molecule has 0 spiro atoms. The number of phenolic OH excluding ortho intramolecular Hbond substituents is 1. The quantitative estimate of drug-likeness (QED) is 0.552. The number of carboxylic acid groups (broad SMARTS) is 1. The highest BCUT2D eigenvalue weighted by atomic mass is 127. The highest BCUT2D eigenvalue weighted by molar-refractivity contribution is 14.1. The maximum absolute atomic E-state index is 12.2. The molecule has 8 heteroatoms. The van der Waals surface area contributed by atoms with E-state index < -0.39 is 11.9 Å². The summed E-state index contributed by atoms with van der Waals surface area (Å²) in [5.41, 5.74) is 0.245. The fourth-order valence-corrected chi connectivity index (χ4v) is 3.41. The first-order chi connectivity index (χ1) is 9.88. The lowest BCUT2D eigenvalue weighted by atomic mass is 10.2. The van der Waals surface area contributed by atoms with Crippen LogP contribution in [0.25, 0.3) is 0 Å². The molecular weight excluding hydrogens is 502 g/mol. The third-order valence-electron chi connectivity index (χ3n) is 2.51. The van der Waals surface area contributed by atoms with Crippen molar-refractivity contribution in [3.63, 3.8) is 0 Å². The molecule has 1 amide bonds. The average molecular weight is 510 g/mol. The van der Waals surface area contributed by atoms with Crippen LogP contribution in [-0.2, 0) is 0 Å². The van der Waals surface area contributed by atoms with Gasteiger partial charge in [-0.1, -0.05) is 0 Å². The second-order valence-corrected chi connectivity index (χ2v) is 6.38. The summed E-state index contributed by atoms with van der Waals surface area (Å²) >= 11 is 3.97. The Labute approximate surface area is 146 Å². The molecule has 2 rings (SSSR count). The van der Waals surface area contributed by atoms with Crippen molar-refractivity contribution in [2.45, 2.75) is 0 Å². The highest BCUT2D eigenvalue weighted by Gasteiger charge is 2.16. The first-order valence-electron chi connectivity index (χ1n) is 5.57. The third-order valence-corrected chi connectivity index (χ3v) is 3.95. The molecule has 0 atom stereocenters. The maximum Gasteiger partial charge on any atom is 0.354 e. The number of carboxylic acids is 1. The smallest absolute Gasteiger partial charge is 0.354 e. The molecule has 0 aliphatic heterocycles. The van der Waals surface area contributed by atoms with E-state index in [-0.39, 0.29) is 17.0 Å². The average Bonchev–Trinajstić information content (AvgIpc) is 2.43. The summed E-state index contributed by atoms with van der Waals surface area (Å²) in [5.74, 6) is -1.81. The first kappa shape index (κ1) is 15.9. The van der Waals surface area contributed by atoms with Gasteiger partial charge in [0, 0.05) is 15.5 Å². The molecule has 0 saturated heterocycles. The second kappa shape index (κ2) is 6.56. The van der Waals surface area contributed by atoms with E-state index in [1.165, 1.54) is 18.3 Å². The zero-order chi connectivity index (χ0) is 15.6. The molecule has 0 bridgehead atoms. The number of nitrogens with zero attached hydrogens (tertiary/aromatic N) is 1. The van der Waals surface area contributed by atoms with Crippen molar-refractivity contribution in [3.05, 3.63) is 48.9 Å². The van der Waals surface area contributed by atoms with Crippen LogP contribution in [0, 0.1) is 7.14 Å². The fourth-order valence-electron chi connectivity index (χ4n) is 1.56. The standard InChI is InChI=1S/C13H8I2N2O4/c14-6-3-8(11(18)9(15)4-6)12(19)17-7-1-2-16-10(5-7)13(20)21/h1-5,18H,(H,20,21)(H,16,17,19). The monoisotopic (exact) mass is 510 g/mol. The number of pyridine rings is 1. The molecule has 0 saturated carbocycles. The highest BCUT2D eigenvalue weighted by Crippen LogP contribution is 2.27. The molecule has 3 N–H and O–H groups in total. The molecule has 108 valence electrons. The van der Waals surface area contributed by atoms with Gasteiger partial charge in [0.05, 0.1) is 9.13 Å². The minimum Gasteiger partial charge on any atom is -0.506 e. The van der Waals surface area contributed by atoms with Gasteiger partial charge in [0.15, 0.2) is 0 Å². The Hall–Kier alpha value is -1.43. The minimum atomic E-state index is -1.18. The number of carbonyl (C=O) groups is 2. The van der Waals surface area contributed by atoms with Crippen molar-refractivity contribution in [1.29, 1.82) is 0 Å². The Morgan fingerprint density at radius 2 is 1.90 bits per heavy atom. The lowest BCUT2D eigenvalue weighted by Crippen LogP contribution is -2.13. The van der Waals surface area contributed by atoms with Gasteiger partial charge in [-0.3, -0.25) is 4.79 Å². The number of aromatic hydroxyl groups is 1. The van der Waals surface area contributed by atoms with E-state index in [9.17, 15) is 14.7 Å². The summed E-state index contributed by atoms with van der Waals surface area (Å²) in [5, 5.41) is 21.3. The first-order valence-corrected chi connectivity index (χ1v) is 7.73. The molecule has 1 aromatic carbocycles. The van der Waals surface area contributed by atoms with Gasteiger partial charge < -0.3 is 15.5 Å². The SMILES string of the molecule is O=C(O)c1cc(NC(=O)c2cc(I)cc(I)c2O)ccn1. The Morgan fingerprint density at radius 3 is 2.57 bits per heavy atom. The van der Waals surface area contributed by atoms with Crippen LogP contribution in [0.5, 0.6) is 5.75 Å². The van der Waals surface area contributed by atoms with Gasteiger partial charge >= 0.3 is 5.97 Å².